The van der Waals surface area contributed by atoms with Crippen molar-refractivity contribution in [1.29, 1.82) is 0 Å². The van der Waals surface area contributed by atoms with Crippen molar-refractivity contribution < 1.29 is 51.4 Å². The fraction of sp³-hybridized carbons (Fsp3) is 0.900. The van der Waals surface area contributed by atoms with Crippen LogP contribution in [0.2, 0.25) is 0 Å². The molecular weight excluding hydrogens is 201 g/mol. The zero-order chi connectivity index (χ0) is 9.68. The first-order valence-corrected chi connectivity index (χ1v) is 5.16. The molecule has 0 atom stereocenters. The molecule has 0 spiro atoms. The molecule has 14 heavy (non-hydrogen) atoms. The maximum atomic E-state index is 5.52. The number of likely N-dealkylation sites (tertiary alicyclic amines) is 1. The molecule has 1 fully saturated rings. The first-order chi connectivity index (χ1) is 6.22. The molecule has 1 heterocycles. The van der Waals surface area contributed by atoms with Gasteiger partial charge in [0.05, 0.1) is 0 Å². The van der Waals surface area contributed by atoms with E-state index in [4.69, 9.17) is 5.73 Å². The summed E-state index contributed by atoms with van der Waals surface area (Å²) < 4.78 is 0. The van der Waals surface area contributed by atoms with Crippen molar-refractivity contribution in [1.82, 2.24) is 9.80 Å². The van der Waals surface area contributed by atoms with Crippen molar-refractivity contribution >= 4 is 0 Å². The summed E-state index contributed by atoms with van der Waals surface area (Å²) in [6.45, 7) is 4.14. The monoisotopic (exact) mass is 223 g/mol. The summed E-state index contributed by atoms with van der Waals surface area (Å²) >= 11 is 0. The number of nitrogens with two attached hydrogens (primary N) is 1. The second-order valence-electron chi connectivity index (χ2n) is 4.11. The van der Waals surface area contributed by atoms with Crippen LogP contribution in [0.15, 0.2) is 0 Å². The zero-order valence-electron chi connectivity index (χ0n) is 9.71. The number of hydrogen-bond donors (Lipinski definition) is 1. The Morgan fingerprint density at radius 1 is 1.43 bits per heavy atom. The van der Waals surface area contributed by atoms with Crippen LogP contribution in [-0.2, 0) is 0 Å². The Labute approximate surface area is 131 Å². The molecule has 0 aromatic heterocycles. The molecule has 1 rings (SSSR count). The van der Waals surface area contributed by atoms with Gasteiger partial charge in [-0.15, -0.1) is 0 Å². The quantitative estimate of drug-likeness (QED) is 0.331. The molecule has 0 saturated carbocycles. The van der Waals surface area contributed by atoms with Crippen molar-refractivity contribution in [3.05, 3.63) is 7.05 Å². The second-order valence-corrected chi connectivity index (χ2v) is 4.11. The van der Waals surface area contributed by atoms with Crippen LogP contribution in [0.4, 0.5) is 0 Å². The molecule has 0 unspecified atom stereocenters. The summed E-state index contributed by atoms with van der Waals surface area (Å²) in [5.41, 5.74) is 5.52. The van der Waals surface area contributed by atoms with Gasteiger partial charge in [0.1, 0.15) is 0 Å². The predicted octanol–water partition coefficient (Wildman–Crippen LogP) is -2.27. The van der Waals surface area contributed by atoms with E-state index in [1.54, 1.807) is 0 Å². The van der Waals surface area contributed by atoms with E-state index in [0.717, 1.165) is 25.6 Å². The number of rotatable bonds is 4. The van der Waals surface area contributed by atoms with Crippen molar-refractivity contribution in [3.8, 4) is 0 Å². The molecule has 78 valence electrons. The van der Waals surface area contributed by atoms with Crippen LogP contribution in [0, 0.1) is 13.0 Å². The van der Waals surface area contributed by atoms with Gasteiger partial charge in [0.15, 0.2) is 0 Å². The average Bonchev–Trinajstić information content (AvgIpc) is 2.16. The van der Waals surface area contributed by atoms with E-state index in [0.29, 0.717) is 6.67 Å². The van der Waals surface area contributed by atoms with Crippen LogP contribution in [0.25, 0.3) is 0 Å². The van der Waals surface area contributed by atoms with Crippen LogP contribution >= 0.6 is 0 Å². The van der Waals surface area contributed by atoms with Gasteiger partial charge in [0, 0.05) is 6.67 Å². The average molecular weight is 223 g/mol. The molecule has 2 N–H and O–H groups in total. The minimum Gasteiger partial charge on any atom is -0.459 e. The van der Waals surface area contributed by atoms with Crippen molar-refractivity contribution in [2.24, 2.45) is 11.7 Å². The second kappa shape index (κ2) is 8.64. The van der Waals surface area contributed by atoms with Crippen molar-refractivity contribution in [2.75, 3.05) is 33.4 Å². The van der Waals surface area contributed by atoms with Gasteiger partial charge in [-0.05, 0) is 51.9 Å². The van der Waals surface area contributed by atoms with E-state index in [-0.39, 0.29) is 51.4 Å². The standard InChI is InChI=1S/C10H22N3.K/c1-12-6-3-10(4-7-12)5-8-13(2)9-11;/h10H,1,3-9,11H2,2H3;/q-1;+1. The van der Waals surface area contributed by atoms with Crippen LogP contribution in [0.5, 0.6) is 0 Å². The number of piperidine rings is 1. The SMILES string of the molecule is [CH2-]N1CCC(CCN(C)CN)CC1.[K+]. The number of nitrogens with zero attached hydrogens (tertiary/aromatic N) is 2. The third-order valence-corrected chi connectivity index (χ3v) is 2.94. The van der Waals surface area contributed by atoms with Gasteiger partial charge >= 0.3 is 51.4 Å². The van der Waals surface area contributed by atoms with Gasteiger partial charge in [0.2, 0.25) is 0 Å². The van der Waals surface area contributed by atoms with Gasteiger partial charge in [0.25, 0.3) is 0 Å². The Kier molecular flexibility index (Phi) is 9.58. The maximum absolute atomic E-state index is 5.52. The van der Waals surface area contributed by atoms with E-state index in [9.17, 15) is 0 Å². The van der Waals surface area contributed by atoms with Gasteiger partial charge in [-0.25, -0.2) is 0 Å². The minimum atomic E-state index is 0. The van der Waals surface area contributed by atoms with Crippen LogP contribution in [-0.4, -0.2) is 43.2 Å². The summed E-state index contributed by atoms with van der Waals surface area (Å²) in [5.74, 6) is 0.895. The van der Waals surface area contributed by atoms with E-state index >= 15 is 0 Å². The van der Waals surface area contributed by atoms with Gasteiger partial charge < -0.3 is 10.6 Å². The molecule has 0 amide bonds. The summed E-state index contributed by atoms with van der Waals surface area (Å²) in [5, 5.41) is 0. The Morgan fingerprint density at radius 3 is 2.50 bits per heavy atom. The maximum Gasteiger partial charge on any atom is 1.00 e. The summed E-state index contributed by atoms with van der Waals surface area (Å²) in [7, 11) is 6.03. The van der Waals surface area contributed by atoms with E-state index < -0.39 is 0 Å². The zero-order valence-corrected chi connectivity index (χ0v) is 12.8. The molecule has 0 aromatic carbocycles. The Hall–Kier alpha value is 1.52. The third-order valence-electron chi connectivity index (χ3n) is 2.94. The first-order valence-electron chi connectivity index (χ1n) is 5.16. The minimum absolute atomic E-state index is 0. The van der Waals surface area contributed by atoms with Crippen LogP contribution in [0.3, 0.4) is 0 Å². The fourth-order valence-corrected chi connectivity index (χ4v) is 1.77. The number of hydrogen-bond acceptors (Lipinski definition) is 3. The summed E-state index contributed by atoms with van der Waals surface area (Å²) in [6.07, 6.45) is 3.91. The summed E-state index contributed by atoms with van der Waals surface area (Å²) in [4.78, 5) is 4.35. The molecule has 0 bridgehead atoms. The van der Waals surface area contributed by atoms with Crippen LogP contribution < -0.4 is 57.1 Å². The Morgan fingerprint density at radius 2 is 2.00 bits per heavy atom. The molecule has 0 radical (unpaired) electrons. The largest absolute Gasteiger partial charge is 1.00 e. The van der Waals surface area contributed by atoms with E-state index in [1.807, 2.05) is 0 Å². The van der Waals surface area contributed by atoms with E-state index in [1.165, 1.54) is 19.3 Å². The normalized spacial score (nSPS) is 19.7. The van der Waals surface area contributed by atoms with Crippen molar-refractivity contribution in [3.63, 3.8) is 0 Å². The van der Waals surface area contributed by atoms with Gasteiger partial charge in [-0.2, -0.15) is 0 Å². The molecule has 4 heteroatoms. The molecule has 1 aliphatic heterocycles. The molecule has 3 nitrogen and oxygen atoms in total. The van der Waals surface area contributed by atoms with Gasteiger partial charge in [-0.1, -0.05) is 0 Å². The van der Waals surface area contributed by atoms with E-state index in [2.05, 4.69) is 23.9 Å². The molecular formula is C10H22KN3. The topological polar surface area (TPSA) is 32.5 Å². The Balaban J connectivity index is 0.00000169. The fourth-order valence-electron chi connectivity index (χ4n) is 1.77. The molecule has 1 aliphatic rings. The van der Waals surface area contributed by atoms with Crippen molar-refractivity contribution in [2.45, 2.75) is 19.3 Å². The molecule has 0 aromatic rings. The van der Waals surface area contributed by atoms with Gasteiger partial charge in [-0.3, -0.25) is 11.9 Å². The third kappa shape index (κ3) is 6.18. The molecule has 0 aliphatic carbocycles. The Bertz CT molecular complexity index is 135. The molecule has 1 saturated heterocycles. The first kappa shape index (κ1) is 15.5. The van der Waals surface area contributed by atoms with Crippen LogP contribution in [0.1, 0.15) is 19.3 Å². The predicted molar refractivity (Wildman–Crippen MR) is 56.0 cm³/mol. The smallest absolute Gasteiger partial charge is 0.459 e. The summed E-state index contributed by atoms with van der Waals surface area (Å²) in [6, 6.07) is 0.